The van der Waals surface area contributed by atoms with Gasteiger partial charge in [-0.15, -0.1) is 0 Å². The van der Waals surface area contributed by atoms with E-state index in [1.165, 1.54) is 17.9 Å². The van der Waals surface area contributed by atoms with E-state index in [4.69, 9.17) is 0 Å². The van der Waals surface area contributed by atoms with E-state index >= 15 is 0 Å². The SMILES string of the molecule is CCCNC(CSCC)C(C)(C)C. The van der Waals surface area contributed by atoms with Crippen molar-refractivity contribution < 1.29 is 0 Å². The van der Waals surface area contributed by atoms with Crippen LogP contribution in [0.25, 0.3) is 0 Å². The fourth-order valence-corrected chi connectivity index (χ4v) is 2.26. The molecular formula is C11H25NS. The Morgan fingerprint density at radius 2 is 1.85 bits per heavy atom. The Hall–Kier alpha value is 0.310. The van der Waals surface area contributed by atoms with Crippen LogP contribution in [0.2, 0.25) is 0 Å². The van der Waals surface area contributed by atoms with Crippen molar-refractivity contribution >= 4 is 11.8 Å². The van der Waals surface area contributed by atoms with Crippen molar-refractivity contribution in [1.82, 2.24) is 5.32 Å². The summed E-state index contributed by atoms with van der Waals surface area (Å²) >= 11 is 2.03. The predicted octanol–water partition coefficient (Wildman–Crippen LogP) is 3.15. The third-order valence-corrected chi connectivity index (χ3v) is 3.15. The summed E-state index contributed by atoms with van der Waals surface area (Å²) in [5.74, 6) is 2.46. The summed E-state index contributed by atoms with van der Waals surface area (Å²) in [7, 11) is 0. The monoisotopic (exact) mass is 203 g/mol. The Kier molecular flexibility index (Phi) is 6.88. The van der Waals surface area contributed by atoms with Gasteiger partial charge < -0.3 is 5.32 Å². The minimum atomic E-state index is 0.386. The lowest BCUT2D eigenvalue weighted by atomic mass is 9.88. The molecule has 0 aromatic rings. The van der Waals surface area contributed by atoms with E-state index in [0.717, 1.165) is 6.54 Å². The first-order valence-electron chi connectivity index (χ1n) is 5.33. The molecule has 0 aromatic carbocycles. The topological polar surface area (TPSA) is 12.0 Å². The Morgan fingerprint density at radius 1 is 1.23 bits per heavy atom. The molecule has 0 spiro atoms. The molecule has 0 heterocycles. The normalized spacial score (nSPS) is 14.5. The lowest BCUT2D eigenvalue weighted by molar-refractivity contribution is 0.292. The summed E-state index contributed by atoms with van der Waals surface area (Å²) in [6.45, 7) is 12.5. The van der Waals surface area contributed by atoms with Crippen molar-refractivity contribution in [2.45, 2.75) is 47.1 Å². The molecule has 0 saturated heterocycles. The molecule has 0 amide bonds. The van der Waals surface area contributed by atoms with E-state index in [-0.39, 0.29) is 0 Å². The number of rotatable bonds is 6. The Morgan fingerprint density at radius 3 is 2.23 bits per heavy atom. The first-order valence-corrected chi connectivity index (χ1v) is 6.49. The Labute approximate surface area is 88.1 Å². The highest BCUT2D eigenvalue weighted by atomic mass is 32.2. The fraction of sp³-hybridized carbons (Fsp3) is 1.00. The molecule has 0 saturated carbocycles. The van der Waals surface area contributed by atoms with Crippen molar-refractivity contribution in [3.05, 3.63) is 0 Å². The molecule has 0 rings (SSSR count). The van der Waals surface area contributed by atoms with E-state index in [0.29, 0.717) is 11.5 Å². The van der Waals surface area contributed by atoms with Crippen molar-refractivity contribution in [3.8, 4) is 0 Å². The van der Waals surface area contributed by atoms with Crippen LogP contribution in [-0.4, -0.2) is 24.1 Å². The molecular weight excluding hydrogens is 178 g/mol. The molecule has 1 unspecified atom stereocenters. The maximum Gasteiger partial charge on any atom is 0.0206 e. The molecule has 0 fully saturated rings. The highest BCUT2D eigenvalue weighted by Gasteiger charge is 2.23. The molecule has 2 heteroatoms. The first-order chi connectivity index (χ1) is 6.02. The largest absolute Gasteiger partial charge is 0.313 e. The number of nitrogens with one attached hydrogen (secondary N) is 1. The summed E-state index contributed by atoms with van der Waals surface area (Å²) in [5.41, 5.74) is 0.386. The van der Waals surface area contributed by atoms with Crippen LogP contribution in [0.15, 0.2) is 0 Å². The van der Waals surface area contributed by atoms with Crippen molar-refractivity contribution in [1.29, 1.82) is 0 Å². The van der Waals surface area contributed by atoms with Crippen molar-refractivity contribution in [2.24, 2.45) is 5.41 Å². The second-order valence-electron chi connectivity index (χ2n) is 4.53. The van der Waals surface area contributed by atoms with Gasteiger partial charge in [-0.2, -0.15) is 11.8 Å². The zero-order valence-electron chi connectivity index (χ0n) is 9.81. The summed E-state index contributed by atoms with van der Waals surface area (Å²) in [4.78, 5) is 0. The van der Waals surface area contributed by atoms with E-state index in [9.17, 15) is 0 Å². The summed E-state index contributed by atoms with van der Waals surface area (Å²) < 4.78 is 0. The molecule has 0 aromatic heterocycles. The van der Waals surface area contributed by atoms with Crippen LogP contribution in [-0.2, 0) is 0 Å². The van der Waals surface area contributed by atoms with Gasteiger partial charge in [0.15, 0.2) is 0 Å². The molecule has 1 atom stereocenters. The highest BCUT2D eigenvalue weighted by Crippen LogP contribution is 2.22. The van der Waals surface area contributed by atoms with Crippen LogP contribution in [0.4, 0.5) is 0 Å². The molecule has 0 bridgehead atoms. The molecule has 0 aliphatic heterocycles. The van der Waals surface area contributed by atoms with Gasteiger partial charge in [-0.25, -0.2) is 0 Å². The first kappa shape index (κ1) is 13.3. The van der Waals surface area contributed by atoms with Crippen LogP contribution in [0, 0.1) is 5.41 Å². The predicted molar refractivity (Wildman–Crippen MR) is 64.5 cm³/mol. The summed E-state index contributed by atoms with van der Waals surface area (Å²) in [6, 6.07) is 0.650. The Balaban J connectivity index is 3.88. The smallest absolute Gasteiger partial charge is 0.0206 e. The average molecular weight is 203 g/mol. The van der Waals surface area contributed by atoms with Crippen LogP contribution in [0.1, 0.15) is 41.0 Å². The maximum atomic E-state index is 3.62. The fourth-order valence-electron chi connectivity index (χ4n) is 1.17. The van der Waals surface area contributed by atoms with Crippen molar-refractivity contribution in [2.75, 3.05) is 18.1 Å². The lowest BCUT2D eigenvalue weighted by Crippen LogP contribution is -2.42. The van der Waals surface area contributed by atoms with Crippen LogP contribution in [0.5, 0.6) is 0 Å². The van der Waals surface area contributed by atoms with Gasteiger partial charge in [0.05, 0.1) is 0 Å². The minimum absolute atomic E-state index is 0.386. The second kappa shape index (κ2) is 6.72. The molecule has 13 heavy (non-hydrogen) atoms. The highest BCUT2D eigenvalue weighted by molar-refractivity contribution is 7.99. The van der Waals surface area contributed by atoms with Gasteiger partial charge in [-0.05, 0) is 24.1 Å². The van der Waals surface area contributed by atoms with Gasteiger partial charge >= 0.3 is 0 Å². The van der Waals surface area contributed by atoms with Gasteiger partial charge in [-0.1, -0.05) is 34.6 Å². The quantitative estimate of drug-likeness (QED) is 0.712. The lowest BCUT2D eigenvalue weighted by Gasteiger charge is -2.31. The average Bonchev–Trinajstić information content (AvgIpc) is 2.02. The standard InChI is InChI=1S/C11H25NS/c1-6-8-12-10(9-13-7-2)11(3,4)5/h10,12H,6-9H2,1-5H3. The third-order valence-electron chi connectivity index (χ3n) is 2.17. The van der Waals surface area contributed by atoms with E-state index in [2.05, 4.69) is 39.9 Å². The second-order valence-corrected chi connectivity index (χ2v) is 5.85. The van der Waals surface area contributed by atoms with Gasteiger partial charge in [0.2, 0.25) is 0 Å². The Bertz CT molecular complexity index is 110. The molecule has 1 nitrogen and oxygen atoms in total. The zero-order chi connectivity index (χ0) is 10.3. The number of thioether (sulfide) groups is 1. The molecule has 0 radical (unpaired) electrons. The molecule has 0 aliphatic carbocycles. The number of hydrogen-bond donors (Lipinski definition) is 1. The van der Waals surface area contributed by atoms with Crippen LogP contribution < -0.4 is 5.32 Å². The van der Waals surface area contributed by atoms with E-state index in [1.54, 1.807) is 0 Å². The van der Waals surface area contributed by atoms with E-state index < -0.39 is 0 Å². The maximum absolute atomic E-state index is 3.62. The van der Waals surface area contributed by atoms with Gasteiger partial charge in [0, 0.05) is 11.8 Å². The molecule has 80 valence electrons. The van der Waals surface area contributed by atoms with Gasteiger partial charge in [-0.3, -0.25) is 0 Å². The minimum Gasteiger partial charge on any atom is -0.313 e. The van der Waals surface area contributed by atoms with Crippen LogP contribution in [0.3, 0.4) is 0 Å². The number of hydrogen-bond acceptors (Lipinski definition) is 2. The summed E-state index contributed by atoms with van der Waals surface area (Å²) in [6.07, 6.45) is 1.23. The zero-order valence-corrected chi connectivity index (χ0v) is 10.6. The van der Waals surface area contributed by atoms with Gasteiger partial charge in [0.1, 0.15) is 0 Å². The van der Waals surface area contributed by atoms with Gasteiger partial charge in [0.25, 0.3) is 0 Å². The third kappa shape index (κ3) is 6.39. The molecule has 0 aliphatic rings. The van der Waals surface area contributed by atoms with Crippen LogP contribution >= 0.6 is 11.8 Å². The van der Waals surface area contributed by atoms with E-state index in [1.807, 2.05) is 11.8 Å². The molecule has 1 N–H and O–H groups in total. The van der Waals surface area contributed by atoms with Crippen molar-refractivity contribution in [3.63, 3.8) is 0 Å². The summed E-state index contributed by atoms with van der Waals surface area (Å²) in [5, 5.41) is 3.62.